The van der Waals surface area contributed by atoms with E-state index in [0.29, 0.717) is 17.7 Å². The van der Waals surface area contributed by atoms with Crippen LogP contribution in [0.4, 0.5) is 0 Å². The monoisotopic (exact) mass is 422 g/mol. The van der Waals surface area contributed by atoms with Gasteiger partial charge in [0.15, 0.2) is 6.10 Å². The maximum absolute atomic E-state index is 12.3. The maximum atomic E-state index is 12.3. The number of carbonyl (C=O) groups excluding carboxylic acids is 4. The van der Waals surface area contributed by atoms with Crippen molar-refractivity contribution in [2.75, 3.05) is 13.1 Å². The zero-order chi connectivity index (χ0) is 22.4. The third-order valence-electron chi connectivity index (χ3n) is 5.27. The minimum Gasteiger partial charge on any atom is -0.453 e. The number of esters is 1. The van der Waals surface area contributed by atoms with Crippen LogP contribution in [0.1, 0.15) is 58.9 Å². The molecular formula is C24H26N2O5. The van der Waals surface area contributed by atoms with E-state index in [1.54, 1.807) is 24.3 Å². The molecular weight excluding hydrogens is 396 g/mol. The van der Waals surface area contributed by atoms with Crippen LogP contribution in [0.5, 0.6) is 0 Å². The summed E-state index contributed by atoms with van der Waals surface area (Å²) in [6, 6.07) is 16.5. The molecule has 31 heavy (non-hydrogen) atoms. The number of rotatable bonds is 9. The van der Waals surface area contributed by atoms with E-state index in [2.05, 4.69) is 5.32 Å². The van der Waals surface area contributed by atoms with E-state index in [-0.39, 0.29) is 43.0 Å². The van der Waals surface area contributed by atoms with Gasteiger partial charge in [0.2, 0.25) is 0 Å². The summed E-state index contributed by atoms with van der Waals surface area (Å²) < 4.78 is 5.19. The Bertz CT molecular complexity index is 938. The fourth-order valence-electron chi connectivity index (χ4n) is 3.43. The molecule has 0 radical (unpaired) electrons. The van der Waals surface area contributed by atoms with Crippen molar-refractivity contribution in [1.82, 2.24) is 10.2 Å². The summed E-state index contributed by atoms with van der Waals surface area (Å²) in [7, 11) is 0. The van der Waals surface area contributed by atoms with Gasteiger partial charge < -0.3 is 10.1 Å². The Morgan fingerprint density at radius 1 is 0.935 bits per heavy atom. The Morgan fingerprint density at radius 3 is 2.13 bits per heavy atom. The molecule has 0 unspecified atom stereocenters. The van der Waals surface area contributed by atoms with Gasteiger partial charge >= 0.3 is 5.97 Å². The number of fused-ring (bicyclic) bond motifs is 1. The third kappa shape index (κ3) is 5.36. The molecule has 0 aliphatic carbocycles. The molecule has 2 aromatic rings. The molecule has 1 aliphatic rings. The van der Waals surface area contributed by atoms with Crippen LogP contribution in [0.2, 0.25) is 0 Å². The molecule has 3 amide bonds. The number of hydrogen-bond donors (Lipinski definition) is 1. The lowest BCUT2D eigenvalue weighted by Crippen LogP contribution is -2.37. The summed E-state index contributed by atoms with van der Waals surface area (Å²) in [5.41, 5.74) is 1.87. The highest BCUT2D eigenvalue weighted by atomic mass is 16.5. The van der Waals surface area contributed by atoms with E-state index in [1.165, 1.54) is 6.92 Å². The van der Waals surface area contributed by atoms with Crippen molar-refractivity contribution in [3.8, 4) is 0 Å². The second-order valence-electron chi connectivity index (χ2n) is 7.60. The number of imide groups is 1. The van der Waals surface area contributed by atoms with Crippen LogP contribution in [-0.2, 0) is 14.3 Å². The number of benzene rings is 2. The van der Waals surface area contributed by atoms with Crippen LogP contribution in [0, 0.1) is 0 Å². The summed E-state index contributed by atoms with van der Waals surface area (Å²) in [6.07, 6.45) is -0.649. The first-order valence-corrected chi connectivity index (χ1v) is 10.4. The number of ether oxygens (including phenoxy) is 1. The summed E-state index contributed by atoms with van der Waals surface area (Å²) in [5, 5.41) is 2.79. The van der Waals surface area contributed by atoms with Gasteiger partial charge in [-0.3, -0.25) is 24.1 Å². The van der Waals surface area contributed by atoms with Gasteiger partial charge in [-0.2, -0.15) is 0 Å². The molecule has 1 heterocycles. The summed E-state index contributed by atoms with van der Waals surface area (Å²) in [5.74, 6) is -1.48. The number of amides is 3. The predicted molar refractivity (Wildman–Crippen MR) is 114 cm³/mol. The number of hydrogen-bond acceptors (Lipinski definition) is 5. The molecule has 2 atom stereocenters. The molecule has 0 bridgehead atoms. The van der Waals surface area contributed by atoms with Gasteiger partial charge in [-0.05, 0) is 37.0 Å². The quantitative estimate of drug-likeness (QED) is 0.495. The minimum atomic E-state index is -0.922. The van der Waals surface area contributed by atoms with E-state index in [9.17, 15) is 19.2 Å². The van der Waals surface area contributed by atoms with E-state index >= 15 is 0 Å². The largest absolute Gasteiger partial charge is 0.453 e. The van der Waals surface area contributed by atoms with Crippen LogP contribution in [0.3, 0.4) is 0 Å². The van der Waals surface area contributed by atoms with Gasteiger partial charge in [-0.25, -0.2) is 0 Å². The van der Waals surface area contributed by atoms with Gasteiger partial charge in [0.05, 0.1) is 11.1 Å². The first-order valence-electron chi connectivity index (χ1n) is 10.4. The van der Waals surface area contributed by atoms with Crippen molar-refractivity contribution in [3.63, 3.8) is 0 Å². The topological polar surface area (TPSA) is 92.8 Å². The molecule has 3 rings (SSSR count). The average molecular weight is 422 g/mol. The summed E-state index contributed by atoms with van der Waals surface area (Å²) in [6.45, 7) is 4.08. The second-order valence-corrected chi connectivity index (χ2v) is 7.60. The van der Waals surface area contributed by atoms with E-state index in [0.717, 1.165) is 10.5 Å². The lowest BCUT2D eigenvalue weighted by atomic mass is 10.0. The van der Waals surface area contributed by atoms with Crippen molar-refractivity contribution in [1.29, 1.82) is 0 Å². The first-order chi connectivity index (χ1) is 14.9. The zero-order valence-corrected chi connectivity index (χ0v) is 17.7. The maximum Gasteiger partial charge on any atom is 0.306 e. The molecule has 1 aliphatic heterocycles. The van der Waals surface area contributed by atoms with Gasteiger partial charge in [0, 0.05) is 19.5 Å². The molecule has 0 fully saturated rings. The Hall–Kier alpha value is -3.48. The van der Waals surface area contributed by atoms with Crippen LogP contribution in [0.15, 0.2) is 54.6 Å². The standard InChI is InChI=1S/C24H26N2O5/c1-16(18-9-4-3-5-10-18)15-25-22(28)17(2)31-21(27)13-8-14-26-23(29)19-11-6-7-12-20(19)24(26)30/h3-7,9-12,16-17H,8,13-15H2,1-2H3,(H,25,28)/t16-,17-/m1/s1. The Labute approximate surface area is 181 Å². The molecule has 1 N–H and O–H groups in total. The third-order valence-corrected chi connectivity index (χ3v) is 5.27. The highest BCUT2D eigenvalue weighted by Gasteiger charge is 2.34. The Balaban J connectivity index is 1.39. The van der Waals surface area contributed by atoms with Crippen LogP contribution in [-0.4, -0.2) is 47.8 Å². The van der Waals surface area contributed by atoms with Crippen LogP contribution < -0.4 is 5.32 Å². The summed E-state index contributed by atoms with van der Waals surface area (Å²) >= 11 is 0. The Morgan fingerprint density at radius 2 is 1.52 bits per heavy atom. The highest BCUT2D eigenvalue weighted by molar-refractivity contribution is 6.21. The zero-order valence-electron chi connectivity index (χ0n) is 17.7. The predicted octanol–water partition coefficient (Wildman–Crippen LogP) is 2.91. The highest BCUT2D eigenvalue weighted by Crippen LogP contribution is 2.22. The second kappa shape index (κ2) is 10.0. The Kier molecular flexibility index (Phi) is 7.18. The SMILES string of the molecule is C[C@H](CNC(=O)[C@@H](C)OC(=O)CCCN1C(=O)c2ccccc2C1=O)c1ccccc1. The van der Waals surface area contributed by atoms with Gasteiger partial charge in [-0.15, -0.1) is 0 Å². The molecule has 7 nitrogen and oxygen atoms in total. The van der Waals surface area contributed by atoms with Gasteiger partial charge in [0.25, 0.3) is 17.7 Å². The fourth-order valence-corrected chi connectivity index (χ4v) is 3.43. The molecule has 7 heteroatoms. The van der Waals surface area contributed by atoms with Crippen molar-refractivity contribution in [2.24, 2.45) is 0 Å². The first kappa shape index (κ1) is 22.2. The lowest BCUT2D eigenvalue weighted by Gasteiger charge is -2.17. The van der Waals surface area contributed by atoms with Gasteiger partial charge in [-0.1, -0.05) is 49.4 Å². The summed E-state index contributed by atoms with van der Waals surface area (Å²) in [4.78, 5) is 50.1. The molecule has 0 saturated heterocycles. The number of carbonyl (C=O) groups is 4. The van der Waals surface area contributed by atoms with Crippen LogP contribution in [0.25, 0.3) is 0 Å². The van der Waals surface area contributed by atoms with Crippen molar-refractivity contribution in [3.05, 3.63) is 71.3 Å². The molecule has 0 aromatic heterocycles. The van der Waals surface area contributed by atoms with Gasteiger partial charge in [0.1, 0.15) is 0 Å². The van der Waals surface area contributed by atoms with E-state index < -0.39 is 12.1 Å². The van der Waals surface area contributed by atoms with Crippen LogP contribution >= 0.6 is 0 Å². The smallest absolute Gasteiger partial charge is 0.306 e. The van der Waals surface area contributed by atoms with Crippen molar-refractivity contribution < 1.29 is 23.9 Å². The number of nitrogens with one attached hydrogen (secondary N) is 1. The molecule has 2 aromatic carbocycles. The van der Waals surface area contributed by atoms with E-state index in [1.807, 2.05) is 37.3 Å². The van der Waals surface area contributed by atoms with Crippen molar-refractivity contribution in [2.45, 2.75) is 38.7 Å². The average Bonchev–Trinajstić information content (AvgIpc) is 3.02. The molecule has 0 spiro atoms. The normalized spacial score (nSPS) is 14.7. The van der Waals surface area contributed by atoms with E-state index in [4.69, 9.17) is 4.74 Å². The molecule has 0 saturated carbocycles. The fraction of sp³-hybridized carbons (Fsp3) is 0.333. The lowest BCUT2D eigenvalue weighted by molar-refractivity contribution is -0.154. The van der Waals surface area contributed by atoms with Crippen molar-refractivity contribution >= 4 is 23.7 Å². The minimum absolute atomic E-state index is 0.00540. The number of nitrogens with zero attached hydrogens (tertiary/aromatic N) is 1. The molecule has 162 valence electrons.